The minimum Gasteiger partial charge on any atom is -0.314 e. The average molecular weight is 265 g/mol. The maximum atomic E-state index is 12.8. The van der Waals surface area contributed by atoms with Crippen LogP contribution in [0.1, 0.15) is 23.6 Å². The quantitative estimate of drug-likeness (QED) is 0.814. The van der Waals surface area contributed by atoms with Gasteiger partial charge in [0.1, 0.15) is 0 Å². The van der Waals surface area contributed by atoms with Crippen LogP contribution in [0.3, 0.4) is 0 Å². The summed E-state index contributed by atoms with van der Waals surface area (Å²) < 4.78 is 0. The lowest BCUT2D eigenvalue weighted by Gasteiger charge is -2.23. The third-order valence-electron chi connectivity index (χ3n) is 4.34. The molecule has 0 N–H and O–H groups in total. The van der Waals surface area contributed by atoms with E-state index < -0.39 is 5.41 Å². The number of anilines is 1. The van der Waals surface area contributed by atoms with Crippen LogP contribution >= 0.6 is 0 Å². The molecule has 0 fully saturated rings. The van der Waals surface area contributed by atoms with Crippen LogP contribution in [0.25, 0.3) is 0 Å². The van der Waals surface area contributed by atoms with Gasteiger partial charge in [-0.3, -0.25) is 4.79 Å². The molecule has 0 spiro atoms. The molecular weight excluding hydrogens is 246 g/mol. The van der Waals surface area contributed by atoms with Crippen LogP contribution in [-0.4, -0.2) is 13.0 Å². The highest BCUT2D eigenvalue weighted by molar-refractivity contribution is 6.08. The van der Waals surface area contributed by atoms with Gasteiger partial charge in [-0.1, -0.05) is 48.5 Å². The molecule has 0 radical (unpaired) electrons. The zero-order valence-corrected chi connectivity index (χ0v) is 12.2. The zero-order valence-electron chi connectivity index (χ0n) is 12.2. The molecule has 1 aliphatic rings. The standard InChI is InChI=1S/C18H19NO/c1-13-8-7-11-15-16(13)19(3)17(20)18(15,2)12-14-9-5-4-6-10-14/h4-11H,12H2,1-3H3/t18-/m1/s1. The van der Waals surface area contributed by atoms with E-state index in [0.717, 1.165) is 23.2 Å². The molecule has 0 saturated heterocycles. The molecule has 1 aliphatic heterocycles. The molecule has 0 bridgehead atoms. The van der Waals surface area contributed by atoms with E-state index in [4.69, 9.17) is 0 Å². The molecule has 1 amide bonds. The van der Waals surface area contributed by atoms with Gasteiger partial charge in [0.15, 0.2) is 0 Å². The number of benzene rings is 2. The molecule has 0 saturated carbocycles. The molecule has 2 aromatic carbocycles. The van der Waals surface area contributed by atoms with Crippen LogP contribution in [0, 0.1) is 6.92 Å². The number of carbonyl (C=O) groups is 1. The van der Waals surface area contributed by atoms with Gasteiger partial charge in [-0.25, -0.2) is 0 Å². The minimum absolute atomic E-state index is 0.186. The number of hydrogen-bond acceptors (Lipinski definition) is 1. The SMILES string of the molecule is Cc1cccc2c1N(C)C(=O)[C@]2(C)Cc1ccccc1. The fourth-order valence-electron chi connectivity index (χ4n) is 3.31. The molecule has 3 rings (SSSR count). The third-order valence-corrected chi connectivity index (χ3v) is 4.34. The Morgan fingerprint density at radius 1 is 1.05 bits per heavy atom. The highest BCUT2D eigenvalue weighted by Crippen LogP contribution is 2.44. The lowest BCUT2D eigenvalue weighted by atomic mass is 9.78. The van der Waals surface area contributed by atoms with Crippen molar-refractivity contribution in [2.75, 3.05) is 11.9 Å². The Balaban J connectivity index is 2.10. The number of carbonyl (C=O) groups excluding carboxylic acids is 1. The van der Waals surface area contributed by atoms with Crippen molar-refractivity contribution in [2.24, 2.45) is 0 Å². The Labute approximate surface area is 120 Å². The molecule has 0 aliphatic carbocycles. The Hall–Kier alpha value is -2.09. The van der Waals surface area contributed by atoms with E-state index in [1.807, 2.05) is 36.2 Å². The number of fused-ring (bicyclic) bond motifs is 1. The summed E-state index contributed by atoms with van der Waals surface area (Å²) in [5, 5.41) is 0. The Bertz CT molecular complexity index is 662. The van der Waals surface area contributed by atoms with E-state index in [-0.39, 0.29) is 5.91 Å². The molecule has 2 heteroatoms. The van der Waals surface area contributed by atoms with Crippen molar-refractivity contribution in [3.05, 3.63) is 65.2 Å². The summed E-state index contributed by atoms with van der Waals surface area (Å²) >= 11 is 0. The van der Waals surface area contributed by atoms with Crippen molar-refractivity contribution in [1.29, 1.82) is 0 Å². The van der Waals surface area contributed by atoms with Gasteiger partial charge in [0, 0.05) is 7.05 Å². The largest absolute Gasteiger partial charge is 0.314 e. The maximum Gasteiger partial charge on any atom is 0.237 e. The Kier molecular flexibility index (Phi) is 2.89. The number of nitrogens with zero attached hydrogens (tertiary/aromatic N) is 1. The molecule has 1 atom stereocenters. The summed E-state index contributed by atoms with van der Waals surface area (Å²) in [6.07, 6.45) is 0.744. The van der Waals surface area contributed by atoms with Crippen molar-refractivity contribution in [3.63, 3.8) is 0 Å². The summed E-state index contributed by atoms with van der Waals surface area (Å²) in [6, 6.07) is 16.4. The number of hydrogen-bond donors (Lipinski definition) is 0. The lowest BCUT2D eigenvalue weighted by molar-refractivity contribution is -0.122. The van der Waals surface area contributed by atoms with Gasteiger partial charge in [0.25, 0.3) is 0 Å². The van der Waals surface area contributed by atoms with E-state index in [1.54, 1.807) is 0 Å². The summed E-state index contributed by atoms with van der Waals surface area (Å²) in [7, 11) is 1.88. The predicted octanol–water partition coefficient (Wildman–Crippen LogP) is 3.47. The van der Waals surface area contributed by atoms with Crippen molar-refractivity contribution in [3.8, 4) is 0 Å². The number of likely N-dealkylation sites (N-methyl/N-ethyl adjacent to an activating group) is 1. The van der Waals surface area contributed by atoms with Crippen LogP contribution in [0.15, 0.2) is 48.5 Å². The second kappa shape index (κ2) is 4.48. The van der Waals surface area contributed by atoms with E-state index in [2.05, 4.69) is 38.1 Å². The van der Waals surface area contributed by atoms with Crippen molar-refractivity contribution >= 4 is 11.6 Å². The molecule has 102 valence electrons. The van der Waals surface area contributed by atoms with Gasteiger partial charge in [-0.15, -0.1) is 0 Å². The maximum absolute atomic E-state index is 12.8. The summed E-state index contributed by atoms with van der Waals surface area (Å²) in [6.45, 7) is 4.13. The lowest BCUT2D eigenvalue weighted by Crippen LogP contribution is -2.37. The zero-order chi connectivity index (χ0) is 14.3. The monoisotopic (exact) mass is 265 g/mol. The molecule has 1 heterocycles. The fraction of sp³-hybridized carbons (Fsp3) is 0.278. The van der Waals surface area contributed by atoms with Gasteiger partial charge >= 0.3 is 0 Å². The number of para-hydroxylation sites is 1. The van der Waals surface area contributed by atoms with Crippen LogP contribution in [0.2, 0.25) is 0 Å². The van der Waals surface area contributed by atoms with Crippen molar-refractivity contribution < 1.29 is 4.79 Å². The fourth-order valence-corrected chi connectivity index (χ4v) is 3.31. The minimum atomic E-state index is -0.461. The van der Waals surface area contributed by atoms with Crippen LogP contribution in [0.4, 0.5) is 5.69 Å². The number of amides is 1. The summed E-state index contributed by atoms with van der Waals surface area (Å²) in [4.78, 5) is 14.6. The second-order valence-electron chi connectivity index (χ2n) is 5.83. The third kappa shape index (κ3) is 1.75. The van der Waals surface area contributed by atoms with Gasteiger partial charge < -0.3 is 4.90 Å². The molecule has 0 unspecified atom stereocenters. The first-order valence-electron chi connectivity index (χ1n) is 6.96. The summed E-state index contributed by atoms with van der Waals surface area (Å²) in [5.41, 5.74) is 4.13. The van der Waals surface area contributed by atoms with E-state index in [1.165, 1.54) is 5.56 Å². The van der Waals surface area contributed by atoms with Crippen molar-refractivity contribution in [2.45, 2.75) is 25.7 Å². The first-order valence-corrected chi connectivity index (χ1v) is 6.96. The van der Waals surface area contributed by atoms with Gasteiger partial charge in [0.2, 0.25) is 5.91 Å². The summed E-state index contributed by atoms with van der Waals surface area (Å²) in [5.74, 6) is 0.186. The Morgan fingerprint density at radius 3 is 2.45 bits per heavy atom. The second-order valence-corrected chi connectivity index (χ2v) is 5.83. The van der Waals surface area contributed by atoms with Gasteiger partial charge in [-0.2, -0.15) is 0 Å². The average Bonchev–Trinajstić information content (AvgIpc) is 2.63. The van der Waals surface area contributed by atoms with E-state index >= 15 is 0 Å². The van der Waals surface area contributed by atoms with Crippen LogP contribution in [0.5, 0.6) is 0 Å². The van der Waals surface area contributed by atoms with Crippen molar-refractivity contribution in [1.82, 2.24) is 0 Å². The normalized spacial score (nSPS) is 21.1. The number of aryl methyl sites for hydroxylation is 1. The highest BCUT2D eigenvalue weighted by Gasteiger charge is 2.46. The topological polar surface area (TPSA) is 20.3 Å². The highest BCUT2D eigenvalue weighted by atomic mass is 16.2. The van der Waals surface area contributed by atoms with Gasteiger partial charge in [0.05, 0.1) is 11.1 Å². The first kappa shape index (κ1) is 12.9. The number of rotatable bonds is 2. The first-order chi connectivity index (χ1) is 9.54. The van der Waals surface area contributed by atoms with Crippen LogP contribution in [-0.2, 0) is 16.6 Å². The molecule has 20 heavy (non-hydrogen) atoms. The molecule has 2 aromatic rings. The van der Waals surface area contributed by atoms with E-state index in [9.17, 15) is 4.79 Å². The molecule has 0 aromatic heterocycles. The smallest absolute Gasteiger partial charge is 0.237 e. The predicted molar refractivity (Wildman–Crippen MR) is 82.1 cm³/mol. The Morgan fingerprint density at radius 2 is 1.75 bits per heavy atom. The molecular formula is C18H19NO. The van der Waals surface area contributed by atoms with E-state index in [0.29, 0.717) is 0 Å². The van der Waals surface area contributed by atoms with Crippen LogP contribution < -0.4 is 4.90 Å². The molecule has 2 nitrogen and oxygen atoms in total. The van der Waals surface area contributed by atoms with Gasteiger partial charge in [-0.05, 0) is 37.0 Å².